The summed E-state index contributed by atoms with van der Waals surface area (Å²) in [5.74, 6) is 0. The zero-order chi connectivity index (χ0) is 14.5. The van der Waals surface area contributed by atoms with Gasteiger partial charge in [0.2, 0.25) is 10.0 Å². The van der Waals surface area contributed by atoms with Crippen LogP contribution in [0.2, 0.25) is 10.0 Å². The van der Waals surface area contributed by atoms with Crippen molar-refractivity contribution >= 4 is 33.2 Å². The van der Waals surface area contributed by atoms with E-state index in [1.54, 1.807) is 7.05 Å². The standard InChI is InChI=1S/C11H16Cl2N2O3S/c1-14-7-8-9(12)3-4-10(11(8)13)19(16,17)15-5-6-18-2/h3-4,14-15H,5-7H2,1-2H3. The molecule has 0 unspecified atom stereocenters. The maximum Gasteiger partial charge on any atom is 0.242 e. The second kappa shape index (κ2) is 7.42. The molecule has 0 aromatic heterocycles. The molecule has 0 fully saturated rings. The molecule has 5 nitrogen and oxygen atoms in total. The van der Waals surface area contributed by atoms with Gasteiger partial charge in [-0.25, -0.2) is 13.1 Å². The van der Waals surface area contributed by atoms with Crippen LogP contribution in [0.1, 0.15) is 5.56 Å². The van der Waals surface area contributed by atoms with Crippen molar-refractivity contribution in [1.29, 1.82) is 0 Å². The quantitative estimate of drug-likeness (QED) is 0.747. The van der Waals surface area contributed by atoms with Gasteiger partial charge in [0.05, 0.1) is 11.6 Å². The monoisotopic (exact) mass is 326 g/mol. The van der Waals surface area contributed by atoms with Crippen LogP contribution in [0.3, 0.4) is 0 Å². The zero-order valence-electron chi connectivity index (χ0n) is 10.7. The van der Waals surface area contributed by atoms with Crippen molar-refractivity contribution in [2.45, 2.75) is 11.4 Å². The van der Waals surface area contributed by atoms with Crippen LogP contribution in [-0.4, -0.2) is 35.7 Å². The lowest BCUT2D eigenvalue weighted by Crippen LogP contribution is -2.27. The minimum Gasteiger partial charge on any atom is -0.383 e. The maximum atomic E-state index is 12.1. The molecule has 0 heterocycles. The Labute approximate surface area is 123 Å². The summed E-state index contributed by atoms with van der Waals surface area (Å²) in [4.78, 5) is 0.0138. The Kier molecular flexibility index (Phi) is 6.52. The highest BCUT2D eigenvalue weighted by molar-refractivity contribution is 7.89. The van der Waals surface area contributed by atoms with Crippen LogP contribution in [-0.2, 0) is 21.3 Å². The Balaban J connectivity index is 3.10. The number of nitrogens with one attached hydrogen (secondary N) is 2. The second-order valence-electron chi connectivity index (χ2n) is 3.76. The smallest absolute Gasteiger partial charge is 0.242 e. The van der Waals surface area contributed by atoms with E-state index in [1.165, 1.54) is 19.2 Å². The maximum absolute atomic E-state index is 12.1. The molecule has 0 aliphatic heterocycles. The third kappa shape index (κ3) is 4.30. The lowest BCUT2D eigenvalue weighted by Gasteiger charge is -2.12. The van der Waals surface area contributed by atoms with Crippen molar-refractivity contribution in [3.63, 3.8) is 0 Å². The van der Waals surface area contributed by atoms with E-state index in [0.717, 1.165) is 0 Å². The summed E-state index contributed by atoms with van der Waals surface area (Å²) in [6.45, 7) is 0.853. The molecule has 0 saturated heterocycles. The summed E-state index contributed by atoms with van der Waals surface area (Å²) < 4.78 is 31.4. The number of benzene rings is 1. The molecule has 0 amide bonds. The van der Waals surface area contributed by atoms with Gasteiger partial charge in [0.25, 0.3) is 0 Å². The van der Waals surface area contributed by atoms with Crippen molar-refractivity contribution in [2.24, 2.45) is 0 Å². The van der Waals surface area contributed by atoms with Gasteiger partial charge >= 0.3 is 0 Å². The first-order valence-electron chi connectivity index (χ1n) is 5.54. The van der Waals surface area contributed by atoms with E-state index < -0.39 is 10.0 Å². The zero-order valence-corrected chi connectivity index (χ0v) is 13.0. The minimum absolute atomic E-state index is 0.0138. The molecule has 1 aromatic rings. The molecule has 108 valence electrons. The number of hydrogen-bond donors (Lipinski definition) is 2. The van der Waals surface area contributed by atoms with Gasteiger partial charge in [-0.3, -0.25) is 0 Å². The minimum atomic E-state index is -3.67. The first kappa shape index (κ1) is 16.7. The lowest BCUT2D eigenvalue weighted by molar-refractivity contribution is 0.204. The van der Waals surface area contributed by atoms with Crippen LogP contribution >= 0.6 is 23.2 Å². The van der Waals surface area contributed by atoms with Gasteiger partial charge in [0, 0.05) is 30.8 Å². The summed E-state index contributed by atoms with van der Waals surface area (Å²) in [5, 5.41) is 3.45. The molecule has 1 rings (SSSR count). The van der Waals surface area contributed by atoms with E-state index in [2.05, 4.69) is 10.0 Å². The molecule has 8 heteroatoms. The van der Waals surface area contributed by atoms with Crippen molar-refractivity contribution in [2.75, 3.05) is 27.3 Å². The lowest BCUT2D eigenvalue weighted by atomic mass is 10.2. The fourth-order valence-corrected chi connectivity index (χ4v) is 3.40. The van der Waals surface area contributed by atoms with Crippen LogP contribution in [0, 0.1) is 0 Å². The molecule has 2 N–H and O–H groups in total. The van der Waals surface area contributed by atoms with Gasteiger partial charge < -0.3 is 10.1 Å². The SMILES string of the molecule is CNCc1c(Cl)ccc(S(=O)(=O)NCCOC)c1Cl. The van der Waals surface area contributed by atoms with Crippen LogP contribution in [0.5, 0.6) is 0 Å². The van der Waals surface area contributed by atoms with Crippen molar-refractivity contribution in [1.82, 2.24) is 10.0 Å². The number of sulfonamides is 1. The first-order chi connectivity index (χ1) is 8.94. The third-order valence-corrected chi connectivity index (χ3v) is 4.79. The molecule has 0 spiro atoms. The van der Waals surface area contributed by atoms with Gasteiger partial charge in [-0.15, -0.1) is 0 Å². The largest absolute Gasteiger partial charge is 0.383 e. The highest BCUT2D eigenvalue weighted by atomic mass is 35.5. The molecule has 1 aromatic carbocycles. The van der Waals surface area contributed by atoms with Crippen LogP contribution < -0.4 is 10.0 Å². The van der Waals surface area contributed by atoms with Gasteiger partial charge in [0.1, 0.15) is 4.90 Å². The topological polar surface area (TPSA) is 67.4 Å². The van der Waals surface area contributed by atoms with E-state index in [4.69, 9.17) is 27.9 Å². The predicted molar refractivity (Wildman–Crippen MR) is 76.3 cm³/mol. The van der Waals surface area contributed by atoms with Crippen molar-refractivity contribution < 1.29 is 13.2 Å². The van der Waals surface area contributed by atoms with Gasteiger partial charge in [-0.05, 0) is 19.2 Å². The van der Waals surface area contributed by atoms with Gasteiger partial charge in [-0.2, -0.15) is 0 Å². The van der Waals surface area contributed by atoms with E-state index in [1.807, 2.05) is 0 Å². The molecule has 0 atom stereocenters. The van der Waals surface area contributed by atoms with Crippen molar-refractivity contribution in [3.05, 3.63) is 27.7 Å². The fraction of sp³-hybridized carbons (Fsp3) is 0.455. The number of halogens is 2. The Morgan fingerprint density at radius 1 is 1.32 bits per heavy atom. The highest BCUT2D eigenvalue weighted by Crippen LogP contribution is 2.30. The molecule has 0 radical (unpaired) electrons. The molecule has 0 bridgehead atoms. The van der Waals surface area contributed by atoms with Crippen molar-refractivity contribution in [3.8, 4) is 0 Å². The van der Waals surface area contributed by atoms with E-state index in [0.29, 0.717) is 17.1 Å². The Bertz CT molecular complexity index is 535. The number of ether oxygens (including phenoxy) is 1. The summed E-state index contributed by atoms with van der Waals surface area (Å²) in [6, 6.07) is 2.91. The third-order valence-electron chi connectivity index (χ3n) is 2.39. The van der Waals surface area contributed by atoms with Crippen LogP contribution in [0.25, 0.3) is 0 Å². The molecular formula is C11H16Cl2N2O3S. The summed E-state index contributed by atoms with van der Waals surface area (Å²) in [7, 11) is -0.448. The van der Waals surface area contributed by atoms with E-state index in [9.17, 15) is 8.42 Å². The van der Waals surface area contributed by atoms with Crippen LogP contribution in [0.4, 0.5) is 0 Å². The van der Waals surface area contributed by atoms with E-state index >= 15 is 0 Å². The normalized spacial score (nSPS) is 11.8. The second-order valence-corrected chi connectivity index (χ2v) is 6.28. The number of hydrogen-bond acceptors (Lipinski definition) is 4. The molecule has 0 aliphatic rings. The molecular weight excluding hydrogens is 311 g/mol. The van der Waals surface area contributed by atoms with Gasteiger partial charge in [-0.1, -0.05) is 23.2 Å². The Hall–Kier alpha value is -0.370. The van der Waals surface area contributed by atoms with E-state index in [-0.39, 0.29) is 23.1 Å². The van der Waals surface area contributed by atoms with Crippen LogP contribution in [0.15, 0.2) is 17.0 Å². The first-order valence-corrected chi connectivity index (χ1v) is 7.78. The average Bonchev–Trinajstić information content (AvgIpc) is 2.34. The fourth-order valence-electron chi connectivity index (χ4n) is 1.48. The van der Waals surface area contributed by atoms with Gasteiger partial charge in [0.15, 0.2) is 0 Å². The Morgan fingerprint density at radius 3 is 2.58 bits per heavy atom. The number of methoxy groups -OCH3 is 1. The average molecular weight is 327 g/mol. The number of rotatable bonds is 7. The molecule has 0 aliphatic carbocycles. The summed E-state index contributed by atoms with van der Waals surface area (Å²) in [6.07, 6.45) is 0. The summed E-state index contributed by atoms with van der Waals surface area (Å²) >= 11 is 12.1. The molecule has 19 heavy (non-hydrogen) atoms. The predicted octanol–water partition coefficient (Wildman–Crippen LogP) is 1.64. The summed E-state index contributed by atoms with van der Waals surface area (Å²) in [5.41, 5.74) is 0.556. The highest BCUT2D eigenvalue weighted by Gasteiger charge is 2.20. The molecule has 0 saturated carbocycles. The Morgan fingerprint density at radius 2 is 2.00 bits per heavy atom.